The third-order valence-electron chi connectivity index (χ3n) is 8.13. The van der Waals surface area contributed by atoms with Crippen LogP contribution in [0.2, 0.25) is 0 Å². The second kappa shape index (κ2) is 8.78. The van der Waals surface area contributed by atoms with E-state index in [0.717, 1.165) is 31.6 Å². The first-order chi connectivity index (χ1) is 18.3. The van der Waals surface area contributed by atoms with Gasteiger partial charge in [0.1, 0.15) is 22.0 Å². The van der Waals surface area contributed by atoms with E-state index >= 15 is 0 Å². The number of carbonyl (C=O) groups is 1. The van der Waals surface area contributed by atoms with Crippen molar-refractivity contribution in [2.75, 3.05) is 16.3 Å². The summed E-state index contributed by atoms with van der Waals surface area (Å²) in [5.74, 6) is -1.48. The molecular weight excluding hydrogens is 547 g/mol. The van der Waals surface area contributed by atoms with Crippen molar-refractivity contribution in [1.82, 2.24) is 4.90 Å². The topological polar surface area (TPSA) is 145 Å². The van der Waals surface area contributed by atoms with Crippen LogP contribution in [0.5, 0.6) is 0 Å². The van der Waals surface area contributed by atoms with Crippen LogP contribution in [-0.4, -0.2) is 50.9 Å². The molecule has 4 atom stereocenters. The zero-order valence-corrected chi connectivity index (χ0v) is 22.8. The minimum Gasteiger partial charge on any atom is -0.511 e. The highest BCUT2D eigenvalue weighted by molar-refractivity contribution is 7.92. The number of carbonyl (C=O) groups excluding carboxylic acids is 1. The van der Waals surface area contributed by atoms with Crippen molar-refractivity contribution in [3.63, 3.8) is 0 Å². The Hall–Kier alpha value is -3.45. The number of hydrogen-bond donors (Lipinski definition) is 3. The summed E-state index contributed by atoms with van der Waals surface area (Å²) in [4.78, 5) is 15.3. The van der Waals surface area contributed by atoms with Crippen LogP contribution in [0.1, 0.15) is 30.4 Å². The van der Waals surface area contributed by atoms with Crippen molar-refractivity contribution in [2.45, 2.75) is 43.7 Å². The van der Waals surface area contributed by atoms with Gasteiger partial charge in [-0.3, -0.25) is 9.52 Å². The molecule has 2 fully saturated rings. The number of sulfonamides is 2. The number of amidine groups is 1. The fourth-order valence-corrected chi connectivity index (χ4v) is 8.23. The number of nitrogens with one attached hydrogen (secondary N) is 2. The molecule has 0 radical (unpaired) electrons. The number of aryl methyl sites for hydroxylation is 1. The Balaban J connectivity index is 1.41. The van der Waals surface area contributed by atoms with E-state index in [1.807, 2.05) is 0 Å². The summed E-state index contributed by atoms with van der Waals surface area (Å²) in [5.41, 5.74) is 0.992. The number of halogens is 1. The highest BCUT2D eigenvalue weighted by Gasteiger charge is 2.57. The normalized spacial score (nSPS) is 27.1. The number of aliphatic hydroxyl groups is 1. The van der Waals surface area contributed by atoms with Crippen molar-refractivity contribution >= 4 is 43.2 Å². The van der Waals surface area contributed by atoms with E-state index in [-0.39, 0.29) is 69.6 Å². The first-order valence-electron chi connectivity index (χ1n) is 12.6. The summed E-state index contributed by atoms with van der Waals surface area (Å²) in [6, 6.07) is 8.41. The summed E-state index contributed by atoms with van der Waals surface area (Å²) in [7, 11) is -8.01. The second-order valence-corrected chi connectivity index (χ2v) is 14.1. The highest BCUT2D eigenvalue weighted by Crippen LogP contribution is 2.55. The summed E-state index contributed by atoms with van der Waals surface area (Å²) >= 11 is 0. The molecule has 13 heteroatoms. The van der Waals surface area contributed by atoms with Crippen LogP contribution in [0.15, 0.2) is 57.0 Å². The Morgan fingerprint density at radius 1 is 1.18 bits per heavy atom. The van der Waals surface area contributed by atoms with Gasteiger partial charge in [-0.05, 0) is 73.4 Å². The molecule has 2 saturated carbocycles. The van der Waals surface area contributed by atoms with E-state index in [0.29, 0.717) is 11.1 Å². The van der Waals surface area contributed by atoms with Crippen LogP contribution >= 0.6 is 0 Å². The van der Waals surface area contributed by atoms with Gasteiger partial charge in [-0.15, -0.1) is 4.40 Å². The molecule has 2 aliphatic carbocycles. The summed E-state index contributed by atoms with van der Waals surface area (Å²) in [5, 5.41) is 14.3. The molecule has 206 valence electrons. The Labute approximate surface area is 225 Å². The monoisotopic (exact) mass is 574 g/mol. The van der Waals surface area contributed by atoms with Gasteiger partial charge < -0.3 is 15.3 Å². The molecule has 2 heterocycles. The Kier molecular flexibility index (Phi) is 5.81. The molecule has 1 amide bonds. The molecule has 2 bridgehead atoms. The zero-order chi connectivity index (χ0) is 27.9. The van der Waals surface area contributed by atoms with Crippen LogP contribution in [0, 0.1) is 30.5 Å². The van der Waals surface area contributed by atoms with Gasteiger partial charge in [0, 0.05) is 24.2 Å². The number of nitrogens with zero attached hydrogens (tertiary/aromatic N) is 2. The molecule has 0 aromatic heterocycles. The maximum absolute atomic E-state index is 14.3. The number of hydrogen-bond acceptors (Lipinski definition) is 7. The van der Waals surface area contributed by atoms with E-state index in [1.165, 1.54) is 18.2 Å². The van der Waals surface area contributed by atoms with Gasteiger partial charge in [-0.2, -0.15) is 8.42 Å². The first-order valence-corrected chi connectivity index (χ1v) is 15.9. The molecule has 2 aromatic rings. The van der Waals surface area contributed by atoms with Gasteiger partial charge in [-0.1, -0.05) is 12.1 Å². The van der Waals surface area contributed by atoms with Crippen LogP contribution in [0.3, 0.4) is 0 Å². The third-order valence-corrected chi connectivity index (χ3v) is 10.1. The average Bonchev–Trinajstić information content (AvgIpc) is 3.46. The predicted octanol–water partition coefficient (Wildman–Crippen LogP) is 3.29. The summed E-state index contributed by atoms with van der Waals surface area (Å²) in [6.07, 6.45) is 3.60. The van der Waals surface area contributed by atoms with Gasteiger partial charge in [0.2, 0.25) is 10.0 Å². The lowest BCUT2D eigenvalue weighted by Gasteiger charge is -2.44. The molecule has 0 spiro atoms. The van der Waals surface area contributed by atoms with Gasteiger partial charge in [0.25, 0.3) is 15.9 Å². The van der Waals surface area contributed by atoms with E-state index < -0.39 is 26.0 Å². The Morgan fingerprint density at radius 3 is 2.64 bits per heavy atom. The maximum atomic E-state index is 14.3. The van der Waals surface area contributed by atoms with Gasteiger partial charge in [0.15, 0.2) is 5.84 Å². The quantitative estimate of drug-likeness (QED) is 0.497. The molecule has 2 aliphatic heterocycles. The van der Waals surface area contributed by atoms with Crippen molar-refractivity contribution in [3.8, 4) is 0 Å². The number of benzene rings is 2. The molecule has 2 aromatic carbocycles. The minimum absolute atomic E-state index is 0.0393. The molecule has 3 N–H and O–H groups in total. The third kappa shape index (κ3) is 4.37. The number of rotatable bonds is 5. The molecule has 39 heavy (non-hydrogen) atoms. The molecule has 0 saturated heterocycles. The first kappa shape index (κ1) is 25.8. The van der Waals surface area contributed by atoms with Gasteiger partial charge in [-0.25, -0.2) is 12.8 Å². The van der Waals surface area contributed by atoms with E-state index in [1.54, 1.807) is 24.0 Å². The molecule has 4 aliphatic rings. The lowest BCUT2D eigenvalue weighted by Crippen LogP contribution is -2.53. The van der Waals surface area contributed by atoms with Crippen LogP contribution in [0.25, 0.3) is 0 Å². The zero-order valence-electron chi connectivity index (χ0n) is 21.2. The average molecular weight is 575 g/mol. The number of amides is 1. The van der Waals surface area contributed by atoms with Crippen LogP contribution < -0.4 is 10.0 Å². The predicted molar refractivity (Wildman–Crippen MR) is 143 cm³/mol. The molecule has 1 unspecified atom stereocenters. The molecule has 6 rings (SSSR count). The van der Waals surface area contributed by atoms with E-state index in [2.05, 4.69) is 14.4 Å². The smallest absolute Gasteiger partial charge is 0.286 e. The van der Waals surface area contributed by atoms with Gasteiger partial charge >= 0.3 is 0 Å². The fourth-order valence-electron chi connectivity index (χ4n) is 6.53. The number of fused-ring (bicyclic) bond motifs is 6. The second-order valence-electron chi connectivity index (χ2n) is 10.8. The summed E-state index contributed by atoms with van der Waals surface area (Å²) < 4.78 is 70.0. The Morgan fingerprint density at radius 2 is 1.92 bits per heavy atom. The SMILES string of the molecule is Cc1ccc(CN2C(=O)C(C3=NS(=O)(=O)c4cc(NS(C)(=O)=O)ccc4N3)=C(O)[C@H]3C2[C@@H]2CC[C@H]3C2)cc1F. The fraction of sp³-hybridized carbons (Fsp3) is 0.385. The van der Waals surface area contributed by atoms with E-state index in [4.69, 9.17) is 0 Å². The summed E-state index contributed by atoms with van der Waals surface area (Å²) in [6.45, 7) is 1.76. The van der Waals surface area contributed by atoms with Crippen molar-refractivity contribution in [3.05, 3.63) is 64.7 Å². The van der Waals surface area contributed by atoms with Crippen molar-refractivity contribution in [1.29, 1.82) is 0 Å². The van der Waals surface area contributed by atoms with Crippen molar-refractivity contribution < 1.29 is 31.1 Å². The largest absolute Gasteiger partial charge is 0.511 e. The minimum atomic E-state index is -4.36. The number of anilines is 2. The van der Waals surface area contributed by atoms with Crippen LogP contribution in [0.4, 0.5) is 15.8 Å². The number of aliphatic hydroxyl groups excluding tert-OH is 1. The maximum Gasteiger partial charge on any atom is 0.286 e. The Bertz CT molecular complexity index is 1700. The molecular formula is C26H27FN4O6S2. The highest BCUT2D eigenvalue weighted by atomic mass is 32.2. The lowest BCUT2D eigenvalue weighted by atomic mass is 9.77. The van der Waals surface area contributed by atoms with Gasteiger partial charge in [0.05, 0.1) is 11.9 Å². The van der Waals surface area contributed by atoms with Crippen LogP contribution in [-0.2, 0) is 31.4 Å². The van der Waals surface area contributed by atoms with E-state index in [9.17, 15) is 31.1 Å². The lowest BCUT2D eigenvalue weighted by molar-refractivity contribution is -0.134. The standard InChI is InChI=1S/C26H27FN4O6S2/c1-13-3-4-14(9-18(13)27)12-31-23-16-6-5-15(10-16)21(23)24(32)22(26(31)33)25-28-19-8-7-17(29-38(2,34)35)11-20(19)39(36,37)30-25/h3-4,7-9,11,15-16,21,23,29,32H,5-6,10,12H2,1-2H3,(H,28,30)/t15-,16+,21+,23?/m0/s1. The molecule has 10 nitrogen and oxygen atoms in total. The van der Waals surface area contributed by atoms with Crippen molar-refractivity contribution in [2.24, 2.45) is 22.2 Å².